The number of amides is 1. The van der Waals surface area contributed by atoms with Gasteiger partial charge in [-0.1, -0.05) is 68.8 Å². The van der Waals surface area contributed by atoms with Crippen molar-refractivity contribution >= 4 is 5.91 Å². The summed E-state index contributed by atoms with van der Waals surface area (Å²) in [4.78, 5) is 17.3. The molecule has 0 bridgehead atoms. The molecule has 0 aromatic heterocycles. The summed E-state index contributed by atoms with van der Waals surface area (Å²) in [6.45, 7) is 10.6. The Morgan fingerprint density at radius 2 is 1.32 bits per heavy atom. The van der Waals surface area contributed by atoms with Crippen LogP contribution in [0.4, 0.5) is 8.78 Å². The fraction of sp³-hybridized carbons (Fsp3) is 0.441. The Labute approximate surface area is 238 Å². The van der Waals surface area contributed by atoms with Crippen LogP contribution in [0, 0.1) is 11.6 Å². The van der Waals surface area contributed by atoms with Gasteiger partial charge in [0.25, 0.3) is 0 Å². The molecule has 4 nitrogen and oxygen atoms in total. The first kappa shape index (κ1) is 29.9. The first-order valence-corrected chi connectivity index (χ1v) is 14.7. The van der Waals surface area contributed by atoms with Crippen molar-refractivity contribution in [2.45, 2.75) is 57.9 Å². The van der Waals surface area contributed by atoms with Gasteiger partial charge in [-0.05, 0) is 65.3 Å². The smallest absolute Gasteiger partial charge is 0.222 e. The SMILES string of the molecule is CC(C)c1ccc(CNCCN2CCN(C(=O)CCCCC(c3ccc(F)cc3)c3ccc(F)cc3)CC2)cc1. The first-order chi connectivity index (χ1) is 19.4. The van der Waals surface area contributed by atoms with Gasteiger partial charge in [0.05, 0.1) is 0 Å². The molecule has 0 spiro atoms. The van der Waals surface area contributed by atoms with E-state index in [9.17, 15) is 13.6 Å². The number of unbranched alkanes of at least 4 members (excludes halogenated alkanes) is 1. The lowest BCUT2D eigenvalue weighted by molar-refractivity contribution is -0.133. The van der Waals surface area contributed by atoms with E-state index in [4.69, 9.17) is 0 Å². The standard InChI is InChI=1S/C34H43F2N3O/c1-26(2)28-9-7-27(8-10-28)25-37-19-20-38-21-23-39(24-22-38)34(40)6-4-3-5-33(29-11-15-31(35)16-12-29)30-13-17-32(36)18-14-30/h7-18,26,33,37H,3-6,19-25H2,1-2H3. The van der Waals surface area contributed by atoms with E-state index in [1.54, 1.807) is 24.3 Å². The highest BCUT2D eigenvalue weighted by Gasteiger charge is 2.21. The van der Waals surface area contributed by atoms with E-state index in [-0.39, 0.29) is 23.5 Å². The van der Waals surface area contributed by atoms with E-state index in [1.165, 1.54) is 35.4 Å². The minimum atomic E-state index is -0.268. The van der Waals surface area contributed by atoms with Crippen molar-refractivity contribution in [3.8, 4) is 0 Å². The van der Waals surface area contributed by atoms with E-state index >= 15 is 0 Å². The number of benzene rings is 3. The zero-order valence-corrected chi connectivity index (χ0v) is 23.9. The molecule has 1 aliphatic rings. The minimum absolute atomic E-state index is 0.0489. The molecule has 3 aromatic carbocycles. The molecule has 0 aliphatic carbocycles. The van der Waals surface area contributed by atoms with Crippen LogP contribution < -0.4 is 5.32 Å². The molecule has 0 unspecified atom stereocenters. The summed E-state index contributed by atoms with van der Waals surface area (Å²) in [6, 6.07) is 21.9. The predicted molar refractivity (Wildman–Crippen MR) is 158 cm³/mol. The Morgan fingerprint density at radius 3 is 1.88 bits per heavy atom. The number of carbonyl (C=O) groups excluding carboxylic acids is 1. The van der Waals surface area contributed by atoms with Gasteiger partial charge in [0.15, 0.2) is 0 Å². The number of hydrogen-bond acceptors (Lipinski definition) is 3. The summed E-state index contributed by atoms with van der Waals surface area (Å²) in [5, 5.41) is 3.54. The van der Waals surface area contributed by atoms with Crippen LogP contribution in [-0.2, 0) is 11.3 Å². The molecule has 1 aliphatic heterocycles. The Hall–Kier alpha value is -3.09. The molecule has 1 heterocycles. The van der Waals surface area contributed by atoms with Gasteiger partial charge >= 0.3 is 0 Å². The summed E-state index contributed by atoms with van der Waals surface area (Å²) < 4.78 is 27.0. The summed E-state index contributed by atoms with van der Waals surface area (Å²) in [5.41, 5.74) is 4.69. The molecule has 1 N–H and O–H groups in total. The maximum atomic E-state index is 13.5. The lowest BCUT2D eigenvalue weighted by Crippen LogP contribution is -2.49. The molecule has 0 saturated carbocycles. The Bertz CT molecular complexity index is 1130. The topological polar surface area (TPSA) is 35.6 Å². The van der Waals surface area contributed by atoms with Gasteiger partial charge in [0.1, 0.15) is 11.6 Å². The summed E-state index contributed by atoms with van der Waals surface area (Å²) in [5.74, 6) is 0.294. The Morgan fingerprint density at radius 1 is 0.775 bits per heavy atom. The van der Waals surface area contributed by atoms with Crippen LogP contribution in [0.2, 0.25) is 0 Å². The van der Waals surface area contributed by atoms with E-state index < -0.39 is 0 Å². The molecule has 1 fully saturated rings. The van der Waals surface area contributed by atoms with Gasteiger partial charge in [-0.25, -0.2) is 8.78 Å². The fourth-order valence-corrected chi connectivity index (χ4v) is 5.41. The molecular formula is C34H43F2N3O. The molecular weight excluding hydrogens is 504 g/mol. The van der Waals surface area contributed by atoms with Crippen molar-refractivity contribution in [3.05, 3.63) is 107 Å². The number of carbonyl (C=O) groups is 1. The Kier molecular flexibility index (Phi) is 11.2. The second-order valence-electron chi connectivity index (χ2n) is 11.2. The third-order valence-electron chi connectivity index (χ3n) is 7.98. The molecule has 3 aromatic rings. The molecule has 1 amide bonds. The van der Waals surface area contributed by atoms with Crippen molar-refractivity contribution in [2.24, 2.45) is 0 Å². The third-order valence-corrected chi connectivity index (χ3v) is 7.98. The highest BCUT2D eigenvalue weighted by atomic mass is 19.1. The summed E-state index contributed by atoms with van der Waals surface area (Å²) >= 11 is 0. The number of nitrogens with zero attached hydrogens (tertiary/aromatic N) is 2. The predicted octanol–water partition coefficient (Wildman–Crippen LogP) is 6.71. The largest absolute Gasteiger partial charge is 0.340 e. The van der Waals surface area contributed by atoms with Crippen molar-refractivity contribution in [2.75, 3.05) is 39.3 Å². The van der Waals surface area contributed by atoms with Crippen molar-refractivity contribution in [3.63, 3.8) is 0 Å². The van der Waals surface area contributed by atoms with Crippen LogP contribution in [0.1, 0.15) is 73.6 Å². The molecule has 214 valence electrons. The zero-order chi connectivity index (χ0) is 28.3. The summed E-state index contributed by atoms with van der Waals surface area (Å²) in [7, 11) is 0. The van der Waals surface area contributed by atoms with Crippen LogP contribution in [0.3, 0.4) is 0 Å². The van der Waals surface area contributed by atoms with Crippen molar-refractivity contribution < 1.29 is 13.6 Å². The maximum Gasteiger partial charge on any atom is 0.222 e. The zero-order valence-electron chi connectivity index (χ0n) is 23.9. The van der Waals surface area contributed by atoms with E-state index in [1.807, 2.05) is 4.90 Å². The molecule has 0 radical (unpaired) electrons. The molecule has 1 saturated heterocycles. The fourth-order valence-electron chi connectivity index (χ4n) is 5.41. The van der Waals surface area contributed by atoms with E-state index in [2.05, 4.69) is 48.3 Å². The molecule has 6 heteroatoms. The van der Waals surface area contributed by atoms with Gasteiger partial charge in [-0.15, -0.1) is 0 Å². The van der Waals surface area contributed by atoms with Crippen LogP contribution in [-0.4, -0.2) is 55.0 Å². The normalized spacial score (nSPS) is 14.3. The number of halogens is 2. The Balaban J connectivity index is 1.14. The quantitative estimate of drug-likeness (QED) is 0.242. The number of hydrogen-bond donors (Lipinski definition) is 1. The number of piperazine rings is 1. The van der Waals surface area contributed by atoms with Gasteiger partial charge < -0.3 is 10.2 Å². The second kappa shape index (κ2) is 15.1. The highest BCUT2D eigenvalue weighted by molar-refractivity contribution is 5.76. The lowest BCUT2D eigenvalue weighted by Gasteiger charge is -2.35. The molecule has 0 atom stereocenters. The van der Waals surface area contributed by atoms with Gasteiger partial charge in [-0.3, -0.25) is 9.69 Å². The number of nitrogens with one attached hydrogen (secondary N) is 1. The van der Waals surface area contributed by atoms with Crippen molar-refractivity contribution in [1.82, 2.24) is 15.1 Å². The van der Waals surface area contributed by atoms with Crippen LogP contribution in [0.5, 0.6) is 0 Å². The van der Waals surface area contributed by atoms with Gasteiger partial charge in [0.2, 0.25) is 5.91 Å². The van der Waals surface area contributed by atoms with Crippen LogP contribution in [0.25, 0.3) is 0 Å². The third kappa shape index (κ3) is 8.97. The van der Waals surface area contributed by atoms with Gasteiger partial charge in [0, 0.05) is 58.2 Å². The average Bonchev–Trinajstić information content (AvgIpc) is 2.97. The lowest BCUT2D eigenvalue weighted by atomic mass is 9.87. The average molecular weight is 548 g/mol. The van der Waals surface area contributed by atoms with Crippen molar-refractivity contribution in [1.29, 1.82) is 0 Å². The monoisotopic (exact) mass is 547 g/mol. The first-order valence-electron chi connectivity index (χ1n) is 14.7. The highest BCUT2D eigenvalue weighted by Crippen LogP contribution is 2.30. The summed E-state index contributed by atoms with van der Waals surface area (Å²) in [6.07, 6.45) is 3.04. The molecule has 40 heavy (non-hydrogen) atoms. The minimum Gasteiger partial charge on any atom is -0.340 e. The molecule has 4 rings (SSSR count). The van der Waals surface area contributed by atoms with E-state index in [0.717, 1.165) is 76.2 Å². The van der Waals surface area contributed by atoms with E-state index in [0.29, 0.717) is 12.3 Å². The number of rotatable bonds is 13. The van der Waals surface area contributed by atoms with Gasteiger partial charge in [-0.2, -0.15) is 0 Å². The second-order valence-corrected chi connectivity index (χ2v) is 11.2. The maximum absolute atomic E-state index is 13.5. The van der Waals surface area contributed by atoms with Crippen LogP contribution in [0.15, 0.2) is 72.8 Å². The van der Waals surface area contributed by atoms with Crippen LogP contribution >= 0.6 is 0 Å².